The smallest absolute Gasteiger partial charge is 0.254 e. The zero-order valence-corrected chi connectivity index (χ0v) is 12.6. The van der Waals surface area contributed by atoms with Crippen molar-refractivity contribution in [1.82, 2.24) is 10.3 Å². The van der Waals surface area contributed by atoms with Crippen molar-refractivity contribution in [3.05, 3.63) is 62.8 Å². The van der Waals surface area contributed by atoms with Crippen LogP contribution in [-0.2, 0) is 6.54 Å². The molecule has 2 rings (SSSR count). The zero-order valence-electron chi connectivity index (χ0n) is 10.3. The summed E-state index contributed by atoms with van der Waals surface area (Å²) in [5.41, 5.74) is 2.58. The highest BCUT2D eigenvalue weighted by molar-refractivity contribution is 9.10. The molecule has 1 aromatic carbocycles. The summed E-state index contributed by atoms with van der Waals surface area (Å²) in [5.74, 6) is -0.234. The minimum atomic E-state index is -0.234. The topological polar surface area (TPSA) is 42.0 Å². The number of aryl methyl sites for hydroxylation is 1. The second-order valence-electron chi connectivity index (χ2n) is 4.10. The van der Waals surface area contributed by atoms with Crippen molar-refractivity contribution in [2.75, 3.05) is 0 Å². The third-order valence-corrected chi connectivity index (χ3v) is 3.49. The standard InChI is InChI=1S/C14H12BrClN2O/c1-9-4-2-3-5-10(9)7-18-14(19)12-6-11(15)8-17-13(12)16/h2-6,8H,7H2,1H3,(H,18,19). The first-order valence-electron chi connectivity index (χ1n) is 5.71. The molecule has 19 heavy (non-hydrogen) atoms. The quantitative estimate of drug-likeness (QED) is 0.866. The van der Waals surface area contributed by atoms with Crippen molar-refractivity contribution in [3.8, 4) is 0 Å². The number of aromatic nitrogens is 1. The van der Waals surface area contributed by atoms with Gasteiger partial charge in [-0.1, -0.05) is 35.9 Å². The number of carbonyl (C=O) groups excluding carboxylic acids is 1. The number of nitrogens with zero attached hydrogens (tertiary/aromatic N) is 1. The summed E-state index contributed by atoms with van der Waals surface area (Å²) in [6, 6.07) is 9.56. The van der Waals surface area contributed by atoms with Gasteiger partial charge in [0.25, 0.3) is 5.91 Å². The molecule has 0 radical (unpaired) electrons. The van der Waals surface area contributed by atoms with Gasteiger partial charge in [-0.05, 0) is 40.0 Å². The molecule has 0 unspecified atom stereocenters. The van der Waals surface area contributed by atoms with Crippen molar-refractivity contribution < 1.29 is 4.79 Å². The molecule has 0 fully saturated rings. The molecule has 5 heteroatoms. The molecule has 1 N–H and O–H groups in total. The maximum absolute atomic E-state index is 12.0. The highest BCUT2D eigenvalue weighted by Gasteiger charge is 2.12. The Morgan fingerprint density at radius 2 is 2.16 bits per heavy atom. The van der Waals surface area contributed by atoms with E-state index in [-0.39, 0.29) is 11.1 Å². The van der Waals surface area contributed by atoms with E-state index in [0.29, 0.717) is 12.1 Å². The van der Waals surface area contributed by atoms with Crippen molar-refractivity contribution in [1.29, 1.82) is 0 Å². The normalized spacial score (nSPS) is 10.3. The minimum Gasteiger partial charge on any atom is -0.348 e. The van der Waals surface area contributed by atoms with Gasteiger partial charge in [0.15, 0.2) is 0 Å². The average molecular weight is 340 g/mol. The first-order chi connectivity index (χ1) is 9.08. The molecule has 0 aliphatic heterocycles. The second kappa shape index (κ2) is 6.17. The molecule has 0 saturated carbocycles. The van der Waals surface area contributed by atoms with E-state index in [1.165, 1.54) is 0 Å². The number of amides is 1. The fraction of sp³-hybridized carbons (Fsp3) is 0.143. The summed E-state index contributed by atoms with van der Waals surface area (Å²) in [4.78, 5) is 16.0. The minimum absolute atomic E-state index is 0.200. The van der Waals surface area contributed by atoms with E-state index in [1.54, 1.807) is 12.3 Å². The maximum atomic E-state index is 12.0. The van der Waals surface area contributed by atoms with Gasteiger partial charge in [0.1, 0.15) is 5.15 Å². The van der Waals surface area contributed by atoms with Gasteiger partial charge in [0.2, 0.25) is 0 Å². The van der Waals surface area contributed by atoms with Crippen LogP contribution in [0, 0.1) is 6.92 Å². The molecule has 1 amide bonds. The zero-order chi connectivity index (χ0) is 13.8. The van der Waals surface area contributed by atoms with E-state index >= 15 is 0 Å². The van der Waals surface area contributed by atoms with Crippen molar-refractivity contribution in [3.63, 3.8) is 0 Å². The Labute approximate surface area is 125 Å². The van der Waals surface area contributed by atoms with E-state index < -0.39 is 0 Å². The molecular formula is C14H12BrClN2O. The van der Waals surface area contributed by atoms with Gasteiger partial charge in [-0.3, -0.25) is 4.79 Å². The van der Waals surface area contributed by atoms with Gasteiger partial charge in [-0.2, -0.15) is 0 Å². The highest BCUT2D eigenvalue weighted by Crippen LogP contribution is 2.18. The van der Waals surface area contributed by atoms with Crippen LogP contribution in [0.25, 0.3) is 0 Å². The van der Waals surface area contributed by atoms with Crippen LogP contribution >= 0.6 is 27.5 Å². The van der Waals surface area contributed by atoms with Crippen LogP contribution in [-0.4, -0.2) is 10.9 Å². The third kappa shape index (κ3) is 3.55. The van der Waals surface area contributed by atoms with Crippen LogP contribution in [0.15, 0.2) is 41.0 Å². The summed E-state index contributed by atoms with van der Waals surface area (Å²) in [6.07, 6.45) is 1.56. The van der Waals surface area contributed by atoms with Gasteiger partial charge in [0, 0.05) is 17.2 Å². The van der Waals surface area contributed by atoms with Gasteiger partial charge in [-0.25, -0.2) is 4.98 Å². The van der Waals surface area contributed by atoms with Crippen LogP contribution in [0.5, 0.6) is 0 Å². The summed E-state index contributed by atoms with van der Waals surface area (Å²) < 4.78 is 0.720. The number of benzene rings is 1. The number of nitrogens with one attached hydrogen (secondary N) is 1. The summed E-state index contributed by atoms with van der Waals surface area (Å²) in [5, 5.41) is 3.04. The Morgan fingerprint density at radius 3 is 2.89 bits per heavy atom. The molecule has 0 aliphatic rings. The van der Waals surface area contributed by atoms with Crippen molar-refractivity contribution >= 4 is 33.4 Å². The Morgan fingerprint density at radius 1 is 1.42 bits per heavy atom. The molecule has 3 nitrogen and oxygen atoms in total. The Hall–Kier alpha value is -1.39. The summed E-state index contributed by atoms with van der Waals surface area (Å²) in [6.45, 7) is 2.48. The first-order valence-corrected chi connectivity index (χ1v) is 6.89. The molecule has 98 valence electrons. The number of pyridine rings is 1. The van der Waals surface area contributed by atoms with Gasteiger partial charge < -0.3 is 5.32 Å². The lowest BCUT2D eigenvalue weighted by molar-refractivity contribution is 0.0950. The molecule has 0 spiro atoms. The molecule has 0 saturated heterocycles. The number of carbonyl (C=O) groups is 1. The molecular weight excluding hydrogens is 328 g/mol. The first kappa shape index (κ1) is 14.0. The van der Waals surface area contributed by atoms with Crippen LogP contribution < -0.4 is 5.32 Å². The maximum Gasteiger partial charge on any atom is 0.254 e. The monoisotopic (exact) mass is 338 g/mol. The lowest BCUT2D eigenvalue weighted by Crippen LogP contribution is -2.23. The SMILES string of the molecule is Cc1ccccc1CNC(=O)c1cc(Br)cnc1Cl. The van der Waals surface area contributed by atoms with Crippen molar-refractivity contribution in [2.24, 2.45) is 0 Å². The Bertz CT molecular complexity index is 616. The molecule has 0 aliphatic carbocycles. The molecule has 1 heterocycles. The van der Waals surface area contributed by atoms with Crippen molar-refractivity contribution in [2.45, 2.75) is 13.5 Å². The van der Waals surface area contributed by atoms with Gasteiger partial charge in [0.05, 0.1) is 5.56 Å². The van der Waals surface area contributed by atoms with E-state index in [9.17, 15) is 4.79 Å². The van der Waals surface area contributed by atoms with Crippen LogP contribution in [0.1, 0.15) is 21.5 Å². The molecule has 1 aromatic heterocycles. The molecule has 0 bridgehead atoms. The van der Waals surface area contributed by atoms with E-state index in [0.717, 1.165) is 15.6 Å². The number of hydrogen-bond donors (Lipinski definition) is 1. The second-order valence-corrected chi connectivity index (χ2v) is 5.37. The van der Waals surface area contributed by atoms with Gasteiger partial charge in [-0.15, -0.1) is 0 Å². The lowest BCUT2D eigenvalue weighted by atomic mass is 10.1. The predicted octanol–water partition coefficient (Wildman–Crippen LogP) is 3.74. The Kier molecular flexibility index (Phi) is 4.56. The van der Waals surface area contributed by atoms with Crippen LogP contribution in [0.2, 0.25) is 5.15 Å². The number of rotatable bonds is 3. The predicted molar refractivity (Wildman–Crippen MR) is 79.3 cm³/mol. The summed E-state index contributed by atoms with van der Waals surface area (Å²) >= 11 is 9.18. The van der Waals surface area contributed by atoms with E-state index in [4.69, 9.17) is 11.6 Å². The Balaban J connectivity index is 2.10. The third-order valence-electron chi connectivity index (χ3n) is 2.75. The molecule has 0 atom stereocenters. The number of hydrogen-bond acceptors (Lipinski definition) is 2. The average Bonchev–Trinajstić information content (AvgIpc) is 2.40. The van der Waals surface area contributed by atoms with E-state index in [2.05, 4.69) is 26.2 Å². The fourth-order valence-corrected chi connectivity index (χ4v) is 2.18. The van der Waals surface area contributed by atoms with E-state index in [1.807, 2.05) is 31.2 Å². The van der Waals surface area contributed by atoms with Gasteiger partial charge >= 0.3 is 0 Å². The van der Waals surface area contributed by atoms with Crippen LogP contribution in [0.3, 0.4) is 0 Å². The van der Waals surface area contributed by atoms with Crippen LogP contribution in [0.4, 0.5) is 0 Å². The highest BCUT2D eigenvalue weighted by atomic mass is 79.9. The largest absolute Gasteiger partial charge is 0.348 e. The molecule has 2 aromatic rings. The summed E-state index contributed by atoms with van der Waals surface area (Å²) in [7, 11) is 0. The lowest BCUT2D eigenvalue weighted by Gasteiger charge is -2.08. The number of halogens is 2. The fourth-order valence-electron chi connectivity index (χ4n) is 1.66.